The van der Waals surface area contributed by atoms with E-state index in [2.05, 4.69) is 40.1 Å². The van der Waals surface area contributed by atoms with Crippen LogP contribution in [-0.4, -0.2) is 85.9 Å². The van der Waals surface area contributed by atoms with E-state index in [1.807, 2.05) is 0 Å². The van der Waals surface area contributed by atoms with Crippen molar-refractivity contribution in [2.75, 3.05) is 25.0 Å². The molecule has 0 saturated carbocycles. The molecule has 5 aromatic rings. The number of hydrogen-bond acceptors (Lipinski definition) is 9. The lowest BCUT2D eigenvalue weighted by Crippen LogP contribution is -2.60. The molecule has 3 aromatic heterocycles. The summed E-state index contributed by atoms with van der Waals surface area (Å²) in [6, 6.07) is 13.3. The van der Waals surface area contributed by atoms with Gasteiger partial charge in [0.2, 0.25) is 0 Å². The van der Waals surface area contributed by atoms with Gasteiger partial charge in [-0.1, -0.05) is 31.8 Å². The van der Waals surface area contributed by atoms with Crippen molar-refractivity contribution in [2.45, 2.75) is 44.6 Å². The highest BCUT2D eigenvalue weighted by Gasteiger charge is 2.45. The summed E-state index contributed by atoms with van der Waals surface area (Å²) >= 11 is 0. The number of alkyl halides is 2. The van der Waals surface area contributed by atoms with Crippen LogP contribution in [-0.2, 0) is 17.1 Å². The summed E-state index contributed by atoms with van der Waals surface area (Å²) in [5.74, 6) is -0.260. The van der Waals surface area contributed by atoms with Crippen LogP contribution < -0.4 is 14.8 Å². The third kappa shape index (κ3) is 7.59. The Morgan fingerprint density at radius 1 is 1.06 bits per heavy atom. The Hall–Kier alpha value is -5.39. The van der Waals surface area contributed by atoms with Crippen molar-refractivity contribution in [1.29, 1.82) is 0 Å². The van der Waals surface area contributed by atoms with E-state index in [1.165, 1.54) is 46.0 Å². The van der Waals surface area contributed by atoms with Gasteiger partial charge in [-0.3, -0.25) is 4.79 Å². The number of halogens is 2. The molecule has 1 aliphatic heterocycles. The Balaban J connectivity index is 1.35. The number of hydrogen-bond donors (Lipinski definition) is 3. The topological polar surface area (TPSA) is 166 Å². The number of carboxylic acid groups (broad SMARTS) is 1. The number of β-amino-alcohol motifs (C(OH)–C–C–N with tert-alkyl or cyclic N) is 1. The van der Waals surface area contributed by atoms with Crippen LogP contribution in [0.3, 0.4) is 0 Å². The van der Waals surface area contributed by atoms with Gasteiger partial charge < -0.3 is 34.6 Å². The minimum atomic E-state index is -3.17. The maximum Gasteiger partial charge on any atom is 0.407 e. The van der Waals surface area contributed by atoms with E-state index in [0.29, 0.717) is 23.6 Å². The van der Waals surface area contributed by atoms with E-state index in [0.717, 1.165) is 10.9 Å². The van der Waals surface area contributed by atoms with E-state index in [9.17, 15) is 28.6 Å². The number of carbonyl (C=O) groups is 2. The highest BCUT2D eigenvalue weighted by Crippen LogP contribution is 2.41. The minimum absolute atomic E-state index is 0.0544. The zero-order chi connectivity index (χ0) is 35.6. The average Bonchev–Trinajstić information content (AvgIpc) is 3.66. The van der Waals surface area contributed by atoms with Gasteiger partial charge in [-0.05, 0) is 48.0 Å². The number of benzene rings is 2. The predicted octanol–water partition coefficient (Wildman–Crippen LogP) is 5.73. The molecule has 4 heterocycles. The Labute approximate surface area is 285 Å². The van der Waals surface area contributed by atoms with Gasteiger partial charge in [0.25, 0.3) is 5.91 Å². The molecule has 17 heteroatoms. The van der Waals surface area contributed by atoms with Crippen molar-refractivity contribution in [3.8, 4) is 28.5 Å². The molecule has 0 radical (unpaired) electrons. The van der Waals surface area contributed by atoms with Crippen molar-refractivity contribution >= 4 is 31.4 Å². The lowest BCUT2D eigenvalue weighted by atomic mass is 9.86. The molecule has 0 atom stereocenters. The first-order valence-corrected chi connectivity index (χ1v) is 19.3. The third-order valence-corrected chi connectivity index (χ3v) is 9.73. The molecule has 2 aromatic carbocycles. The number of rotatable bonds is 13. The highest BCUT2D eigenvalue weighted by molar-refractivity contribution is 6.76. The molecular weight excluding hydrogens is 672 g/mol. The van der Waals surface area contributed by atoms with E-state index >= 15 is 0 Å². The van der Waals surface area contributed by atoms with Gasteiger partial charge in [0.1, 0.15) is 35.1 Å². The van der Waals surface area contributed by atoms with Gasteiger partial charge >= 0.3 is 12.7 Å². The zero-order valence-electron chi connectivity index (χ0n) is 27.4. The van der Waals surface area contributed by atoms with Gasteiger partial charge in [0.05, 0.1) is 36.9 Å². The Kier molecular flexibility index (Phi) is 9.55. The third-order valence-electron chi connectivity index (χ3n) is 8.03. The standard InChI is InChI=1S/C33H35F2N7O7Si/c1-50(2,3)13-12-47-20-42-28(26(17-38-42)39-30(43)25-16-37-41-11-5-10-36-29(25)41)24-15-23(8-9-27(24)49-31(34)35)48-22-7-4-6-21(14-22)33(46)18-40(19-33)32(44)45/h4-11,14-17,31,46H,12-13,18-20H2,1-3H3,(H,39,43)(H,44,45). The number of nitrogens with zero attached hydrogens (tertiary/aromatic N) is 6. The van der Waals surface area contributed by atoms with Crippen LogP contribution in [0.1, 0.15) is 15.9 Å². The molecule has 6 rings (SSSR count). The van der Waals surface area contributed by atoms with Crippen molar-refractivity contribution in [2.24, 2.45) is 0 Å². The first kappa shape index (κ1) is 34.5. The summed E-state index contributed by atoms with van der Waals surface area (Å²) in [4.78, 5) is 30.1. The summed E-state index contributed by atoms with van der Waals surface area (Å²) in [6.45, 7) is 3.67. The van der Waals surface area contributed by atoms with Crippen LogP contribution in [0.15, 0.2) is 73.3 Å². The van der Waals surface area contributed by atoms with Gasteiger partial charge in [-0.25, -0.2) is 19.0 Å². The van der Waals surface area contributed by atoms with Crippen LogP contribution in [0.4, 0.5) is 19.3 Å². The second kappa shape index (κ2) is 13.8. The van der Waals surface area contributed by atoms with Gasteiger partial charge in [0.15, 0.2) is 5.65 Å². The Morgan fingerprint density at radius 3 is 2.58 bits per heavy atom. The van der Waals surface area contributed by atoms with Gasteiger partial charge in [0, 0.05) is 32.6 Å². The number of ether oxygens (including phenoxy) is 3. The van der Waals surface area contributed by atoms with Crippen LogP contribution in [0.25, 0.3) is 16.9 Å². The Bertz CT molecular complexity index is 2020. The van der Waals surface area contributed by atoms with Crippen LogP contribution in [0.5, 0.6) is 17.2 Å². The molecule has 3 N–H and O–H groups in total. The van der Waals surface area contributed by atoms with Gasteiger partial charge in [-0.2, -0.15) is 19.0 Å². The molecule has 0 bridgehead atoms. The van der Waals surface area contributed by atoms with Crippen LogP contribution in [0.2, 0.25) is 25.7 Å². The molecule has 1 aliphatic rings. The molecule has 262 valence electrons. The maximum absolute atomic E-state index is 13.7. The van der Waals surface area contributed by atoms with Crippen LogP contribution >= 0.6 is 0 Å². The zero-order valence-corrected chi connectivity index (χ0v) is 28.4. The number of amides is 2. The highest BCUT2D eigenvalue weighted by atomic mass is 28.3. The van der Waals surface area contributed by atoms with E-state index < -0.39 is 32.3 Å². The molecular formula is C33H35F2N7O7Si. The second-order valence-corrected chi connectivity index (χ2v) is 18.6. The first-order valence-electron chi connectivity index (χ1n) is 15.6. The monoisotopic (exact) mass is 707 g/mol. The fourth-order valence-corrected chi connectivity index (χ4v) is 6.17. The number of anilines is 1. The molecule has 1 saturated heterocycles. The van der Waals surface area contributed by atoms with E-state index in [1.54, 1.807) is 36.5 Å². The maximum atomic E-state index is 13.7. The molecule has 2 amide bonds. The Morgan fingerprint density at radius 2 is 1.84 bits per heavy atom. The summed E-state index contributed by atoms with van der Waals surface area (Å²) in [5, 5.41) is 31.6. The lowest BCUT2D eigenvalue weighted by Gasteiger charge is -2.45. The quantitative estimate of drug-likeness (QED) is 0.102. The van der Waals surface area contributed by atoms with Crippen molar-refractivity contribution in [3.63, 3.8) is 0 Å². The molecule has 50 heavy (non-hydrogen) atoms. The molecule has 0 unspecified atom stereocenters. The van der Waals surface area contributed by atoms with Crippen molar-refractivity contribution in [3.05, 3.63) is 84.4 Å². The fourth-order valence-electron chi connectivity index (χ4n) is 5.41. The van der Waals surface area contributed by atoms with E-state index in [-0.39, 0.29) is 53.8 Å². The normalized spacial score (nSPS) is 14.1. The number of carbonyl (C=O) groups excluding carboxylic acids is 1. The molecule has 0 spiro atoms. The minimum Gasteiger partial charge on any atom is -0.465 e. The molecule has 1 fully saturated rings. The smallest absolute Gasteiger partial charge is 0.407 e. The number of aliphatic hydroxyl groups is 1. The summed E-state index contributed by atoms with van der Waals surface area (Å²) in [7, 11) is -1.43. The number of nitrogens with one attached hydrogen (secondary N) is 1. The largest absolute Gasteiger partial charge is 0.465 e. The molecule has 14 nitrogen and oxygen atoms in total. The SMILES string of the molecule is C[Si](C)(C)CCOCn1ncc(NC(=O)c2cnn3cccnc23)c1-c1cc(Oc2cccc(C3(O)CN(C(=O)O)C3)c2)ccc1OC(F)F. The summed E-state index contributed by atoms with van der Waals surface area (Å²) in [5.41, 5.74) is 0.0605. The lowest BCUT2D eigenvalue weighted by molar-refractivity contribution is -0.0898. The number of likely N-dealkylation sites (tertiary alicyclic amines) is 1. The average molecular weight is 708 g/mol. The molecule has 0 aliphatic carbocycles. The van der Waals surface area contributed by atoms with Gasteiger partial charge in [-0.15, -0.1) is 0 Å². The van der Waals surface area contributed by atoms with E-state index in [4.69, 9.17) is 14.2 Å². The van der Waals surface area contributed by atoms with Crippen LogP contribution in [0, 0.1) is 0 Å². The summed E-state index contributed by atoms with van der Waals surface area (Å²) in [6.07, 6.45) is 4.80. The number of aromatic nitrogens is 5. The number of fused-ring (bicyclic) bond motifs is 1. The van der Waals surface area contributed by atoms with Crippen molar-refractivity contribution < 1.29 is 42.8 Å². The fraction of sp³-hybridized carbons (Fsp3) is 0.303. The second-order valence-electron chi connectivity index (χ2n) is 13.0. The first-order chi connectivity index (χ1) is 23.8. The predicted molar refractivity (Wildman–Crippen MR) is 179 cm³/mol. The summed E-state index contributed by atoms with van der Waals surface area (Å²) < 4.78 is 47.3. The van der Waals surface area contributed by atoms with Crippen molar-refractivity contribution in [1.82, 2.24) is 29.3 Å².